The first-order chi connectivity index (χ1) is 9.89. The van der Waals surface area contributed by atoms with Gasteiger partial charge in [0, 0.05) is 5.54 Å². The summed E-state index contributed by atoms with van der Waals surface area (Å²) < 4.78 is 27.5. The fourth-order valence-electron chi connectivity index (χ4n) is 2.17. The van der Waals surface area contributed by atoms with Gasteiger partial charge in [-0.3, -0.25) is 0 Å². The molecule has 0 radical (unpaired) electrons. The van der Waals surface area contributed by atoms with E-state index in [1.807, 2.05) is 32.0 Å². The molecule has 0 spiro atoms. The van der Waals surface area contributed by atoms with Gasteiger partial charge in [-0.05, 0) is 44.4 Å². The monoisotopic (exact) mass is 303 g/mol. The fraction of sp³-hybridized carbons (Fsp3) is 0.294. The summed E-state index contributed by atoms with van der Waals surface area (Å²) in [6, 6.07) is 18.6. The molecule has 0 atom stereocenters. The second-order valence-corrected chi connectivity index (χ2v) is 7.47. The maximum atomic E-state index is 12.3. The van der Waals surface area contributed by atoms with Gasteiger partial charge in [-0.2, -0.15) is 0 Å². The lowest BCUT2D eigenvalue weighted by Crippen LogP contribution is -2.43. The van der Waals surface area contributed by atoms with Gasteiger partial charge >= 0.3 is 0 Å². The number of rotatable bonds is 6. The zero-order chi connectivity index (χ0) is 15.3. The summed E-state index contributed by atoms with van der Waals surface area (Å²) in [6.07, 6.45) is 1.58. The molecule has 4 heteroatoms. The highest BCUT2D eigenvalue weighted by Crippen LogP contribution is 2.18. The van der Waals surface area contributed by atoms with E-state index in [-0.39, 0.29) is 0 Å². The Bertz CT molecular complexity index is 664. The van der Waals surface area contributed by atoms with Crippen molar-refractivity contribution >= 4 is 10.0 Å². The van der Waals surface area contributed by atoms with Crippen LogP contribution in [-0.4, -0.2) is 14.0 Å². The van der Waals surface area contributed by atoms with Crippen molar-refractivity contribution in [1.82, 2.24) is 4.72 Å². The van der Waals surface area contributed by atoms with Crippen molar-refractivity contribution in [3.8, 4) is 0 Å². The zero-order valence-corrected chi connectivity index (χ0v) is 13.2. The highest BCUT2D eigenvalue weighted by Gasteiger charge is 2.25. The molecular weight excluding hydrogens is 282 g/mol. The minimum atomic E-state index is -3.47. The molecule has 21 heavy (non-hydrogen) atoms. The minimum Gasteiger partial charge on any atom is -0.207 e. The standard InChI is InChI=1S/C17H21NO2S/c1-17(2,14-13-15-9-5-3-6-10-15)18-21(19,20)16-11-7-4-8-12-16/h3-12,18H,13-14H2,1-2H3. The van der Waals surface area contributed by atoms with Crippen LogP contribution in [0.1, 0.15) is 25.8 Å². The van der Waals surface area contributed by atoms with Crippen molar-refractivity contribution in [2.45, 2.75) is 37.1 Å². The molecule has 0 saturated heterocycles. The van der Waals surface area contributed by atoms with Gasteiger partial charge in [0.1, 0.15) is 0 Å². The third-order valence-corrected chi connectivity index (χ3v) is 5.06. The Morgan fingerprint density at radius 3 is 2.00 bits per heavy atom. The topological polar surface area (TPSA) is 46.2 Å². The normalized spacial score (nSPS) is 12.3. The summed E-state index contributed by atoms with van der Waals surface area (Å²) in [7, 11) is -3.47. The Balaban J connectivity index is 2.03. The first-order valence-electron chi connectivity index (χ1n) is 7.02. The van der Waals surface area contributed by atoms with Gasteiger partial charge in [0.2, 0.25) is 10.0 Å². The summed E-state index contributed by atoms with van der Waals surface area (Å²) in [4.78, 5) is 0.304. The third kappa shape index (κ3) is 4.69. The fourth-order valence-corrected chi connectivity index (χ4v) is 3.64. The van der Waals surface area contributed by atoms with Crippen LogP contribution in [0.25, 0.3) is 0 Å². The molecule has 0 aliphatic rings. The summed E-state index contributed by atoms with van der Waals surface area (Å²) in [5.41, 5.74) is 0.717. The highest BCUT2D eigenvalue weighted by molar-refractivity contribution is 7.89. The van der Waals surface area contributed by atoms with Crippen molar-refractivity contribution in [2.24, 2.45) is 0 Å². The Kier molecular flexibility index (Phi) is 4.80. The van der Waals surface area contributed by atoms with Crippen molar-refractivity contribution in [3.63, 3.8) is 0 Å². The van der Waals surface area contributed by atoms with E-state index >= 15 is 0 Å². The number of hydrogen-bond donors (Lipinski definition) is 1. The zero-order valence-electron chi connectivity index (χ0n) is 12.4. The first kappa shape index (κ1) is 15.7. The predicted octanol–water partition coefficient (Wildman–Crippen LogP) is 3.38. The maximum absolute atomic E-state index is 12.3. The summed E-state index contributed by atoms with van der Waals surface area (Å²) in [5.74, 6) is 0. The number of hydrogen-bond acceptors (Lipinski definition) is 2. The van der Waals surface area contributed by atoms with Crippen LogP contribution in [0.2, 0.25) is 0 Å². The maximum Gasteiger partial charge on any atom is 0.241 e. The molecule has 0 heterocycles. The van der Waals surface area contributed by atoms with E-state index in [9.17, 15) is 8.42 Å². The quantitative estimate of drug-likeness (QED) is 0.889. The molecule has 0 unspecified atom stereocenters. The Hall–Kier alpha value is -1.65. The van der Waals surface area contributed by atoms with Crippen LogP contribution in [0.4, 0.5) is 0 Å². The lowest BCUT2D eigenvalue weighted by Gasteiger charge is -2.26. The second-order valence-electron chi connectivity index (χ2n) is 5.79. The Morgan fingerprint density at radius 2 is 1.43 bits per heavy atom. The molecule has 0 aliphatic heterocycles. The van der Waals surface area contributed by atoms with Gasteiger partial charge in [0.15, 0.2) is 0 Å². The van der Waals surface area contributed by atoms with Crippen LogP contribution in [0.5, 0.6) is 0 Å². The molecule has 2 aromatic carbocycles. The Morgan fingerprint density at radius 1 is 0.905 bits per heavy atom. The third-order valence-electron chi connectivity index (χ3n) is 3.35. The van der Waals surface area contributed by atoms with E-state index in [2.05, 4.69) is 16.9 Å². The number of aryl methyl sites for hydroxylation is 1. The number of benzene rings is 2. The molecule has 1 N–H and O–H groups in total. The van der Waals surface area contributed by atoms with Gasteiger partial charge in [-0.25, -0.2) is 13.1 Å². The molecule has 2 aromatic rings. The van der Waals surface area contributed by atoms with Gasteiger partial charge in [-0.15, -0.1) is 0 Å². The van der Waals surface area contributed by atoms with Crippen LogP contribution < -0.4 is 4.72 Å². The van der Waals surface area contributed by atoms with E-state index in [1.54, 1.807) is 30.3 Å². The average molecular weight is 303 g/mol. The van der Waals surface area contributed by atoms with E-state index in [1.165, 1.54) is 5.56 Å². The Labute approximate surface area is 127 Å². The lowest BCUT2D eigenvalue weighted by molar-refractivity contribution is 0.422. The average Bonchev–Trinajstić information content (AvgIpc) is 2.46. The van der Waals surface area contributed by atoms with Crippen LogP contribution >= 0.6 is 0 Å². The lowest BCUT2D eigenvalue weighted by atomic mass is 9.97. The number of sulfonamides is 1. The smallest absolute Gasteiger partial charge is 0.207 e. The van der Waals surface area contributed by atoms with Crippen LogP contribution in [0.3, 0.4) is 0 Å². The van der Waals surface area contributed by atoms with Crippen molar-refractivity contribution < 1.29 is 8.42 Å². The minimum absolute atomic E-state index is 0.304. The molecular formula is C17H21NO2S. The largest absolute Gasteiger partial charge is 0.241 e. The first-order valence-corrected chi connectivity index (χ1v) is 8.50. The van der Waals surface area contributed by atoms with E-state index in [0.717, 1.165) is 12.8 Å². The van der Waals surface area contributed by atoms with Gasteiger partial charge in [-0.1, -0.05) is 48.5 Å². The van der Waals surface area contributed by atoms with Crippen molar-refractivity contribution in [2.75, 3.05) is 0 Å². The molecule has 0 amide bonds. The van der Waals surface area contributed by atoms with Crippen molar-refractivity contribution in [3.05, 3.63) is 66.2 Å². The van der Waals surface area contributed by atoms with Crippen LogP contribution in [-0.2, 0) is 16.4 Å². The van der Waals surface area contributed by atoms with Gasteiger partial charge in [0.05, 0.1) is 4.90 Å². The van der Waals surface area contributed by atoms with E-state index < -0.39 is 15.6 Å². The second kappa shape index (κ2) is 6.41. The molecule has 0 saturated carbocycles. The van der Waals surface area contributed by atoms with Crippen LogP contribution in [0.15, 0.2) is 65.6 Å². The van der Waals surface area contributed by atoms with Gasteiger partial charge in [0.25, 0.3) is 0 Å². The summed E-state index contributed by atoms with van der Waals surface area (Å²) >= 11 is 0. The summed E-state index contributed by atoms with van der Waals surface area (Å²) in [6.45, 7) is 3.83. The van der Waals surface area contributed by atoms with E-state index in [4.69, 9.17) is 0 Å². The molecule has 0 fully saturated rings. The van der Waals surface area contributed by atoms with Crippen LogP contribution in [0, 0.1) is 0 Å². The SMILES string of the molecule is CC(C)(CCc1ccccc1)NS(=O)(=O)c1ccccc1. The molecule has 0 bridgehead atoms. The van der Waals surface area contributed by atoms with Crippen molar-refractivity contribution in [1.29, 1.82) is 0 Å². The highest BCUT2D eigenvalue weighted by atomic mass is 32.2. The molecule has 112 valence electrons. The molecule has 2 rings (SSSR count). The molecule has 0 aliphatic carbocycles. The molecule has 3 nitrogen and oxygen atoms in total. The van der Waals surface area contributed by atoms with E-state index in [0.29, 0.717) is 4.90 Å². The summed E-state index contributed by atoms with van der Waals surface area (Å²) in [5, 5.41) is 0. The number of nitrogens with one attached hydrogen (secondary N) is 1. The molecule has 0 aromatic heterocycles. The van der Waals surface area contributed by atoms with Gasteiger partial charge < -0.3 is 0 Å². The predicted molar refractivity (Wildman–Crippen MR) is 85.6 cm³/mol.